The Bertz CT molecular complexity index is 992. The Morgan fingerprint density at radius 2 is 1.62 bits per heavy atom. The summed E-state index contributed by atoms with van der Waals surface area (Å²) in [5, 5.41) is 0. The Balaban J connectivity index is 1.53. The van der Waals surface area contributed by atoms with E-state index in [0.717, 1.165) is 17.1 Å². The number of carbonyl (C=O) groups is 1. The minimum atomic E-state index is -0.390. The molecule has 0 bridgehead atoms. The quantitative estimate of drug-likeness (QED) is 0.472. The number of carbonyl (C=O) groups excluding carboxylic acids is 1. The van der Waals surface area contributed by atoms with Crippen molar-refractivity contribution < 1.29 is 18.7 Å². The van der Waals surface area contributed by atoms with Crippen molar-refractivity contribution in [3.63, 3.8) is 0 Å². The predicted molar refractivity (Wildman–Crippen MR) is 98.4 cm³/mol. The van der Waals surface area contributed by atoms with E-state index in [2.05, 4.69) is 0 Å². The molecule has 0 unspecified atom stereocenters. The zero-order valence-electron chi connectivity index (χ0n) is 14.1. The van der Waals surface area contributed by atoms with Crippen molar-refractivity contribution in [2.45, 2.75) is 6.92 Å². The second-order valence-corrected chi connectivity index (χ2v) is 5.89. The molecule has 2 heterocycles. The van der Waals surface area contributed by atoms with Gasteiger partial charge < -0.3 is 13.9 Å². The summed E-state index contributed by atoms with van der Waals surface area (Å²) in [6.45, 7) is 1.86. The minimum Gasteiger partial charge on any atom is -0.462 e. The highest BCUT2D eigenvalue weighted by molar-refractivity contribution is 6.04. The van der Waals surface area contributed by atoms with E-state index >= 15 is 0 Å². The fraction of sp³-hybridized carbons (Fsp3) is 0.0455. The van der Waals surface area contributed by atoms with Crippen molar-refractivity contribution in [2.75, 3.05) is 0 Å². The summed E-state index contributed by atoms with van der Waals surface area (Å²) in [7, 11) is 0. The van der Waals surface area contributed by atoms with Crippen molar-refractivity contribution in [1.82, 2.24) is 0 Å². The first-order chi connectivity index (χ1) is 12.7. The van der Waals surface area contributed by atoms with E-state index in [0.29, 0.717) is 22.8 Å². The molecule has 0 fully saturated rings. The van der Waals surface area contributed by atoms with E-state index in [9.17, 15) is 4.79 Å². The van der Waals surface area contributed by atoms with Gasteiger partial charge in [0.2, 0.25) is 0 Å². The third kappa shape index (κ3) is 3.44. The molecule has 0 radical (unpaired) electrons. The first-order valence-corrected chi connectivity index (χ1v) is 8.23. The number of esters is 1. The fourth-order valence-electron chi connectivity index (χ4n) is 2.63. The van der Waals surface area contributed by atoms with Gasteiger partial charge in [-0.3, -0.25) is 0 Å². The molecule has 26 heavy (non-hydrogen) atoms. The first-order valence-electron chi connectivity index (χ1n) is 8.23. The molecule has 3 aromatic rings. The van der Waals surface area contributed by atoms with Gasteiger partial charge in [-0.05, 0) is 67.6 Å². The molecule has 0 amide bonds. The zero-order chi connectivity index (χ0) is 17.9. The van der Waals surface area contributed by atoms with Gasteiger partial charge in [-0.1, -0.05) is 18.2 Å². The van der Waals surface area contributed by atoms with E-state index in [1.165, 1.54) is 0 Å². The van der Waals surface area contributed by atoms with E-state index in [1.807, 2.05) is 73.7 Å². The van der Waals surface area contributed by atoms with E-state index < -0.39 is 5.97 Å². The highest BCUT2D eigenvalue weighted by Gasteiger charge is 2.22. The number of cyclic esters (lactones) is 1. The van der Waals surface area contributed by atoms with Crippen molar-refractivity contribution in [3.05, 3.63) is 95.5 Å². The van der Waals surface area contributed by atoms with Crippen LogP contribution >= 0.6 is 0 Å². The Morgan fingerprint density at radius 3 is 2.31 bits per heavy atom. The zero-order valence-corrected chi connectivity index (χ0v) is 14.1. The molecule has 128 valence electrons. The second kappa shape index (κ2) is 6.76. The number of aryl methyl sites for hydroxylation is 1. The summed E-state index contributed by atoms with van der Waals surface area (Å²) < 4.78 is 16.6. The van der Waals surface area contributed by atoms with Gasteiger partial charge in [0.05, 0.1) is 5.57 Å². The van der Waals surface area contributed by atoms with Gasteiger partial charge in [0.15, 0.2) is 0 Å². The van der Waals surface area contributed by atoms with Crippen molar-refractivity contribution in [1.29, 1.82) is 0 Å². The molecule has 0 saturated carbocycles. The van der Waals surface area contributed by atoms with Crippen LogP contribution in [-0.2, 0) is 9.53 Å². The lowest BCUT2D eigenvalue weighted by molar-refractivity contribution is -0.130. The number of hydrogen-bond donors (Lipinski definition) is 0. The Hall–Kier alpha value is -3.53. The maximum atomic E-state index is 12.1. The lowest BCUT2D eigenvalue weighted by atomic mass is 10.1. The maximum absolute atomic E-state index is 12.1. The van der Waals surface area contributed by atoms with Crippen LogP contribution < -0.4 is 4.74 Å². The topological polar surface area (TPSA) is 48.7 Å². The number of hydrogen-bond acceptors (Lipinski definition) is 4. The van der Waals surface area contributed by atoms with Gasteiger partial charge >= 0.3 is 5.97 Å². The van der Waals surface area contributed by atoms with Gasteiger partial charge in [0, 0.05) is 5.56 Å². The van der Waals surface area contributed by atoms with E-state index in [1.54, 1.807) is 12.2 Å². The van der Waals surface area contributed by atoms with Crippen LogP contribution in [0.25, 0.3) is 11.8 Å². The van der Waals surface area contributed by atoms with Crippen LogP contribution in [0.4, 0.5) is 0 Å². The molecule has 0 N–H and O–H groups in total. The summed E-state index contributed by atoms with van der Waals surface area (Å²) in [6, 6.07) is 20.6. The molecule has 1 aromatic heterocycles. The predicted octanol–water partition coefficient (Wildman–Crippen LogP) is 5.36. The molecule has 4 rings (SSSR count). The lowest BCUT2D eigenvalue weighted by Gasteiger charge is -2.06. The minimum absolute atomic E-state index is 0.390. The lowest BCUT2D eigenvalue weighted by Crippen LogP contribution is -1.97. The Labute approximate surface area is 151 Å². The summed E-state index contributed by atoms with van der Waals surface area (Å²) in [4.78, 5) is 12.1. The van der Waals surface area contributed by atoms with Crippen molar-refractivity contribution in [2.24, 2.45) is 0 Å². The van der Waals surface area contributed by atoms with Gasteiger partial charge in [-0.2, -0.15) is 0 Å². The number of rotatable bonds is 4. The number of ether oxygens (including phenoxy) is 2. The van der Waals surface area contributed by atoms with Crippen molar-refractivity contribution >= 4 is 17.8 Å². The molecule has 4 heteroatoms. The van der Waals surface area contributed by atoms with Crippen LogP contribution in [0.5, 0.6) is 11.5 Å². The fourth-order valence-corrected chi connectivity index (χ4v) is 2.63. The van der Waals surface area contributed by atoms with E-state index in [-0.39, 0.29) is 0 Å². The van der Waals surface area contributed by atoms with Crippen LogP contribution in [0, 0.1) is 6.92 Å². The molecule has 0 saturated heterocycles. The largest absolute Gasteiger partial charge is 0.462 e. The van der Waals surface area contributed by atoms with Crippen LogP contribution in [0.1, 0.15) is 17.1 Å². The second-order valence-electron chi connectivity index (χ2n) is 5.89. The third-order valence-corrected chi connectivity index (χ3v) is 3.90. The maximum Gasteiger partial charge on any atom is 0.343 e. The standard InChI is InChI=1S/C22H16O4/c1-15-7-10-20(24-15)13-17-14-21(26-22(17)23)16-8-11-19(12-9-16)25-18-5-3-2-4-6-18/h2-14H,1H3/b17-13+. The average Bonchev–Trinajstić information content (AvgIpc) is 3.23. The monoisotopic (exact) mass is 344 g/mol. The molecule has 1 aliphatic rings. The molecule has 2 aromatic carbocycles. The van der Waals surface area contributed by atoms with Crippen LogP contribution in [0.15, 0.2) is 82.8 Å². The summed E-state index contributed by atoms with van der Waals surface area (Å²) in [5.41, 5.74) is 1.26. The van der Waals surface area contributed by atoms with Gasteiger partial charge in [0.25, 0.3) is 0 Å². The Kier molecular flexibility index (Phi) is 4.15. The van der Waals surface area contributed by atoms with E-state index in [4.69, 9.17) is 13.9 Å². The molecule has 1 aliphatic heterocycles. The SMILES string of the molecule is Cc1ccc(/C=C2\C=C(c3ccc(Oc4ccccc4)cc3)OC2=O)o1. The normalized spacial score (nSPS) is 15.0. The molecule has 0 spiro atoms. The highest BCUT2D eigenvalue weighted by Crippen LogP contribution is 2.29. The third-order valence-electron chi connectivity index (χ3n) is 3.90. The van der Waals surface area contributed by atoms with Gasteiger partial charge in [-0.25, -0.2) is 4.79 Å². The number of benzene rings is 2. The van der Waals surface area contributed by atoms with Gasteiger partial charge in [-0.15, -0.1) is 0 Å². The summed E-state index contributed by atoms with van der Waals surface area (Å²) >= 11 is 0. The molecule has 4 nitrogen and oxygen atoms in total. The molecular formula is C22H16O4. The van der Waals surface area contributed by atoms with Crippen LogP contribution in [-0.4, -0.2) is 5.97 Å². The first kappa shape index (κ1) is 16.0. The Morgan fingerprint density at radius 1 is 0.885 bits per heavy atom. The number of para-hydroxylation sites is 1. The molecule has 0 aliphatic carbocycles. The van der Waals surface area contributed by atoms with Gasteiger partial charge in [0.1, 0.15) is 28.8 Å². The number of furan rings is 1. The smallest absolute Gasteiger partial charge is 0.343 e. The highest BCUT2D eigenvalue weighted by atomic mass is 16.5. The average molecular weight is 344 g/mol. The van der Waals surface area contributed by atoms with Crippen molar-refractivity contribution in [3.8, 4) is 11.5 Å². The summed E-state index contributed by atoms with van der Waals surface area (Å²) in [6.07, 6.45) is 3.39. The summed E-state index contributed by atoms with van der Waals surface area (Å²) in [5.74, 6) is 3.02. The van der Waals surface area contributed by atoms with Crippen LogP contribution in [0.3, 0.4) is 0 Å². The van der Waals surface area contributed by atoms with Crippen LogP contribution in [0.2, 0.25) is 0 Å². The molecule has 0 atom stereocenters. The molecular weight excluding hydrogens is 328 g/mol.